The second kappa shape index (κ2) is 5.32. The van der Waals surface area contributed by atoms with Gasteiger partial charge < -0.3 is 15.6 Å². The number of likely N-dealkylation sites (N-methyl/N-ethyl adjacent to an activating group) is 1. The van der Waals surface area contributed by atoms with Gasteiger partial charge in [0, 0.05) is 35.4 Å². The van der Waals surface area contributed by atoms with Gasteiger partial charge in [0.05, 0.1) is 0 Å². The summed E-state index contributed by atoms with van der Waals surface area (Å²) in [6, 6.07) is 5.49. The van der Waals surface area contributed by atoms with E-state index in [1.165, 1.54) is 6.20 Å². The van der Waals surface area contributed by atoms with Crippen molar-refractivity contribution in [3.8, 4) is 0 Å². The average molecular weight is 308 g/mol. The Balaban J connectivity index is 1.84. The molecule has 7 heteroatoms. The van der Waals surface area contributed by atoms with E-state index in [0.29, 0.717) is 17.6 Å². The monoisotopic (exact) mass is 308 g/mol. The van der Waals surface area contributed by atoms with E-state index in [-0.39, 0.29) is 10.9 Å². The zero-order valence-electron chi connectivity index (χ0n) is 12.0. The van der Waals surface area contributed by atoms with E-state index >= 15 is 0 Å². The molecule has 1 aliphatic heterocycles. The van der Waals surface area contributed by atoms with Crippen LogP contribution in [-0.2, 0) is 10.0 Å². The number of nitrogens with zero attached hydrogens (tertiary/aromatic N) is 1. The number of nitrogen functional groups attached to an aromatic ring is 1. The number of fused-ring (bicyclic) bond motifs is 1. The van der Waals surface area contributed by atoms with Crippen LogP contribution >= 0.6 is 0 Å². The molecule has 1 aliphatic rings. The third-order valence-corrected chi connectivity index (χ3v) is 5.60. The SMILES string of the molecule is CN1CCCC1CNS(=O)(=O)c1c[nH]c2ccc(N)cc12. The van der Waals surface area contributed by atoms with Crippen LogP contribution in [0.15, 0.2) is 29.3 Å². The average Bonchev–Trinajstić information content (AvgIpc) is 3.02. The van der Waals surface area contributed by atoms with E-state index in [1.807, 2.05) is 7.05 Å². The highest BCUT2D eigenvalue weighted by molar-refractivity contribution is 7.89. The van der Waals surface area contributed by atoms with E-state index in [2.05, 4.69) is 14.6 Å². The molecular weight excluding hydrogens is 288 g/mol. The normalized spacial score (nSPS) is 20.3. The molecule has 1 aromatic carbocycles. The maximum Gasteiger partial charge on any atom is 0.242 e. The van der Waals surface area contributed by atoms with Gasteiger partial charge in [0.1, 0.15) is 4.90 Å². The zero-order chi connectivity index (χ0) is 15.0. The summed E-state index contributed by atoms with van der Waals surface area (Å²) in [5.41, 5.74) is 7.07. The predicted octanol–water partition coefficient (Wildman–Crippen LogP) is 1.12. The first-order valence-corrected chi connectivity index (χ1v) is 8.52. The van der Waals surface area contributed by atoms with E-state index in [1.54, 1.807) is 18.2 Å². The number of likely N-dealkylation sites (tertiary alicyclic amines) is 1. The lowest BCUT2D eigenvalue weighted by Crippen LogP contribution is -2.38. The van der Waals surface area contributed by atoms with E-state index in [4.69, 9.17) is 5.73 Å². The minimum Gasteiger partial charge on any atom is -0.399 e. The van der Waals surface area contributed by atoms with Crippen molar-refractivity contribution < 1.29 is 8.42 Å². The second-order valence-corrected chi connectivity index (χ2v) is 7.32. The summed E-state index contributed by atoms with van der Waals surface area (Å²) >= 11 is 0. The minimum atomic E-state index is -3.53. The number of hydrogen-bond donors (Lipinski definition) is 3. The van der Waals surface area contributed by atoms with Gasteiger partial charge in [0.2, 0.25) is 10.0 Å². The van der Waals surface area contributed by atoms with Crippen molar-refractivity contribution >= 4 is 26.6 Å². The third kappa shape index (κ3) is 2.76. The summed E-state index contributed by atoms with van der Waals surface area (Å²) in [6.07, 6.45) is 3.66. The Hall–Kier alpha value is -1.57. The third-order valence-electron chi connectivity index (χ3n) is 4.14. The number of anilines is 1. The zero-order valence-corrected chi connectivity index (χ0v) is 12.8. The van der Waals surface area contributed by atoms with E-state index in [9.17, 15) is 8.42 Å². The summed E-state index contributed by atoms with van der Waals surface area (Å²) < 4.78 is 27.7. The molecule has 0 spiro atoms. The van der Waals surface area contributed by atoms with Crippen molar-refractivity contribution in [1.82, 2.24) is 14.6 Å². The van der Waals surface area contributed by atoms with Gasteiger partial charge >= 0.3 is 0 Å². The van der Waals surface area contributed by atoms with Gasteiger partial charge in [0.15, 0.2) is 0 Å². The molecule has 1 fully saturated rings. The molecule has 0 amide bonds. The fraction of sp³-hybridized carbons (Fsp3) is 0.429. The standard InChI is InChI=1S/C14H20N4O2S/c1-18-6-2-3-11(18)8-17-21(19,20)14-9-16-13-5-4-10(15)7-12(13)14/h4-5,7,9,11,16-17H,2-3,6,8,15H2,1H3. The first-order valence-electron chi connectivity index (χ1n) is 7.04. The van der Waals surface area contributed by atoms with Crippen molar-refractivity contribution in [3.05, 3.63) is 24.4 Å². The molecule has 6 nitrogen and oxygen atoms in total. The summed E-state index contributed by atoms with van der Waals surface area (Å²) in [5, 5.41) is 0.627. The van der Waals surface area contributed by atoms with Gasteiger partial charge in [-0.15, -0.1) is 0 Å². The molecule has 0 radical (unpaired) electrons. The largest absolute Gasteiger partial charge is 0.399 e. The molecule has 21 heavy (non-hydrogen) atoms. The predicted molar refractivity (Wildman–Crippen MR) is 83.6 cm³/mol. The van der Waals surface area contributed by atoms with Crippen LogP contribution in [0.2, 0.25) is 0 Å². The maximum atomic E-state index is 12.5. The summed E-state index contributed by atoms with van der Waals surface area (Å²) in [6.45, 7) is 1.46. The first-order chi connectivity index (χ1) is 9.97. The molecule has 1 saturated heterocycles. The number of rotatable bonds is 4. The van der Waals surface area contributed by atoms with Gasteiger partial charge in [-0.1, -0.05) is 0 Å². The van der Waals surface area contributed by atoms with Crippen LogP contribution in [0.3, 0.4) is 0 Å². The number of hydrogen-bond acceptors (Lipinski definition) is 4. The van der Waals surface area contributed by atoms with Crippen molar-refractivity contribution in [1.29, 1.82) is 0 Å². The van der Waals surface area contributed by atoms with Crippen molar-refractivity contribution in [2.24, 2.45) is 0 Å². The number of H-pyrrole nitrogens is 1. The van der Waals surface area contributed by atoms with Gasteiger partial charge in [0.25, 0.3) is 0 Å². The smallest absolute Gasteiger partial charge is 0.242 e. The minimum absolute atomic E-state index is 0.255. The van der Waals surface area contributed by atoms with Crippen LogP contribution in [-0.4, -0.2) is 44.5 Å². The maximum absolute atomic E-state index is 12.5. The molecular formula is C14H20N4O2S. The topological polar surface area (TPSA) is 91.2 Å². The van der Waals surface area contributed by atoms with Crippen LogP contribution in [0.1, 0.15) is 12.8 Å². The van der Waals surface area contributed by atoms with Gasteiger partial charge in [-0.3, -0.25) is 0 Å². The molecule has 2 aromatic rings. The summed E-state index contributed by atoms with van der Waals surface area (Å²) in [4.78, 5) is 5.42. The lowest BCUT2D eigenvalue weighted by Gasteiger charge is -2.19. The lowest BCUT2D eigenvalue weighted by molar-refractivity contribution is 0.311. The van der Waals surface area contributed by atoms with Crippen LogP contribution in [0.5, 0.6) is 0 Å². The molecule has 1 unspecified atom stereocenters. The second-order valence-electron chi connectivity index (χ2n) is 5.59. The number of sulfonamides is 1. The van der Waals surface area contributed by atoms with Crippen LogP contribution < -0.4 is 10.5 Å². The molecule has 4 N–H and O–H groups in total. The molecule has 0 saturated carbocycles. The molecule has 1 atom stereocenters. The van der Waals surface area contributed by atoms with Crippen LogP contribution in [0.4, 0.5) is 5.69 Å². The summed E-state index contributed by atoms with van der Waals surface area (Å²) in [7, 11) is -1.51. The van der Waals surface area contributed by atoms with Gasteiger partial charge in [-0.2, -0.15) is 0 Å². The first kappa shape index (κ1) is 14.4. The Kier molecular flexibility index (Phi) is 3.64. The Morgan fingerprint density at radius 3 is 3.00 bits per heavy atom. The molecule has 3 rings (SSSR count). The Bertz CT molecular complexity index is 753. The van der Waals surface area contributed by atoms with Gasteiger partial charge in [-0.05, 0) is 44.6 Å². The molecule has 1 aromatic heterocycles. The molecule has 2 heterocycles. The number of nitrogens with one attached hydrogen (secondary N) is 2. The van der Waals surface area contributed by atoms with Crippen molar-refractivity contribution in [2.45, 2.75) is 23.8 Å². The highest BCUT2D eigenvalue weighted by atomic mass is 32.2. The Morgan fingerprint density at radius 1 is 1.48 bits per heavy atom. The fourth-order valence-corrected chi connectivity index (χ4v) is 4.10. The molecule has 0 bridgehead atoms. The fourth-order valence-electron chi connectivity index (χ4n) is 2.86. The van der Waals surface area contributed by atoms with E-state index < -0.39 is 10.0 Å². The highest BCUT2D eigenvalue weighted by Crippen LogP contribution is 2.25. The number of nitrogens with two attached hydrogens (primary N) is 1. The Labute approximate surface area is 124 Å². The summed E-state index contributed by atoms with van der Waals surface area (Å²) in [5.74, 6) is 0. The quantitative estimate of drug-likeness (QED) is 0.738. The number of aromatic nitrogens is 1. The highest BCUT2D eigenvalue weighted by Gasteiger charge is 2.24. The van der Waals surface area contributed by atoms with E-state index in [0.717, 1.165) is 24.9 Å². The van der Waals surface area contributed by atoms with Crippen LogP contribution in [0.25, 0.3) is 10.9 Å². The van der Waals surface area contributed by atoms with Crippen molar-refractivity contribution in [3.63, 3.8) is 0 Å². The Morgan fingerprint density at radius 2 is 2.29 bits per heavy atom. The van der Waals surface area contributed by atoms with Crippen molar-refractivity contribution in [2.75, 3.05) is 25.9 Å². The van der Waals surface area contributed by atoms with Gasteiger partial charge in [-0.25, -0.2) is 13.1 Å². The number of aromatic amines is 1. The van der Waals surface area contributed by atoms with Crippen LogP contribution in [0, 0.1) is 0 Å². The number of benzene rings is 1. The molecule has 0 aliphatic carbocycles. The molecule has 114 valence electrons. The lowest BCUT2D eigenvalue weighted by atomic mass is 10.2.